The third-order valence-corrected chi connectivity index (χ3v) is 16.8. The Morgan fingerprint density at radius 1 is 0.381 bits per heavy atom. The molecule has 496 valence electrons. The zero-order valence-electron chi connectivity index (χ0n) is 47.3. The van der Waals surface area contributed by atoms with Crippen LogP contribution in [0.3, 0.4) is 0 Å². The number of azo groups is 2. The fourth-order valence-electron chi connectivity index (χ4n) is 9.07. The van der Waals surface area contributed by atoms with Crippen LogP contribution in [0.25, 0.3) is 21.5 Å². The number of carboxylic acid groups (broad SMARTS) is 4. The smallest absolute Gasteiger partial charge is 0.337 e. The van der Waals surface area contributed by atoms with E-state index < -0.39 is 196 Å². The third kappa shape index (κ3) is 15.4. The molecule has 0 spiro atoms. The van der Waals surface area contributed by atoms with Crippen LogP contribution < -0.4 is 26.6 Å². The number of aromatic nitrogens is 6. The SMILES string of the molecule is O=C(O)c1cc(Nc2cc(Nc3nc(Cl)nc(Nc4cc(S(=O)(=O)O)cc5cc(S(=O)(=O)O)c(N=Nc6ccccc6C(=O)O)c(O)c45)n3)cc(C(=O)O)c2)cc(Nc2nc(Cl)nc(Nc3cc(S(=O)(=O)O)cc4cc(S(=O)(=O)O)c(N=Nc5ccccc5C(=O)O)c(O)c34)n2)c1. The highest BCUT2D eigenvalue weighted by Gasteiger charge is 2.29. The Hall–Kier alpha value is -11.8. The maximum atomic E-state index is 12.7. The number of halogens is 2. The van der Waals surface area contributed by atoms with Crippen LogP contribution in [-0.2, 0) is 40.5 Å². The molecule has 0 amide bonds. The molecule has 0 unspecified atom stereocenters. The van der Waals surface area contributed by atoms with Crippen molar-refractivity contribution in [2.45, 2.75) is 19.6 Å². The van der Waals surface area contributed by atoms with E-state index in [1.807, 2.05) is 0 Å². The van der Waals surface area contributed by atoms with Gasteiger partial charge in [0.05, 0.1) is 43.4 Å². The minimum absolute atomic E-state index is 0.0854. The summed E-state index contributed by atoms with van der Waals surface area (Å²) in [7, 11) is -21.1. The van der Waals surface area contributed by atoms with Gasteiger partial charge >= 0.3 is 23.9 Å². The van der Waals surface area contributed by atoms with Crippen molar-refractivity contribution in [2.24, 2.45) is 20.5 Å². The summed E-state index contributed by atoms with van der Waals surface area (Å²) in [6.07, 6.45) is 0. The molecule has 2 heterocycles. The predicted octanol–water partition coefficient (Wildman–Crippen LogP) is 10.4. The van der Waals surface area contributed by atoms with Gasteiger partial charge in [-0.3, -0.25) is 18.2 Å². The van der Waals surface area contributed by atoms with Gasteiger partial charge in [-0.2, -0.15) is 63.6 Å². The van der Waals surface area contributed by atoms with E-state index in [1.165, 1.54) is 48.5 Å². The first-order valence-electron chi connectivity index (χ1n) is 26.0. The van der Waals surface area contributed by atoms with Crippen molar-refractivity contribution in [3.8, 4) is 11.5 Å². The van der Waals surface area contributed by atoms with Crippen LogP contribution in [0.2, 0.25) is 10.6 Å². The van der Waals surface area contributed by atoms with Crippen LogP contribution in [0.1, 0.15) is 41.4 Å². The second kappa shape index (κ2) is 26.2. The van der Waals surface area contributed by atoms with Crippen molar-refractivity contribution in [1.29, 1.82) is 0 Å². The van der Waals surface area contributed by atoms with Gasteiger partial charge in [0, 0.05) is 33.5 Å². The zero-order chi connectivity index (χ0) is 70.4. The van der Waals surface area contributed by atoms with Gasteiger partial charge in [-0.15, -0.1) is 20.5 Å². The number of aromatic hydroxyl groups is 2. The van der Waals surface area contributed by atoms with Crippen LogP contribution in [-0.4, -0.2) is 136 Å². The number of carboxylic acids is 4. The number of aromatic carboxylic acids is 4. The Morgan fingerprint density at radius 3 is 1.03 bits per heavy atom. The number of phenolic OH excluding ortho intramolecular Hbond substituents is 2. The van der Waals surface area contributed by atoms with Crippen LogP contribution in [0.4, 0.5) is 80.7 Å². The minimum Gasteiger partial charge on any atom is -0.505 e. The quantitative estimate of drug-likeness (QED) is 0.0221. The summed E-state index contributed by atoms with van der Waals surface area (Å²) < 4.78 is 142. The average Bonchev–Trinajstić information content (AvgIpc) is 0.753. The molecule has 0 saturated heterocycles. The number of phenols is 2. The van der Waals surface area contributed by atoms with Gasteiger partial charge in [0.2, 0.25) is 34.4 Å². The molecule has 37 nitrogen and oxygen atoms in total. The number of carbonyl (C=O) groups is 4. The van der Waals surface area contributed by atoms with Gasteiger partial charge in [-0.25, -0.2) is 19.2 Å². The molecule has 0 bridgehead atoms. The summed E-state index contributed by atoms with van der Waals surface area (Å²) in [5, 5.41) is 88.2. The van der Waals surface area contributed by atoms with E-state index in [-0.39, 0.29) is 34.1 Å². The number of nitrogens with zero attached hydrogens (tertiary/aromatic N) is 10. The molecule has 10 rings (SSSR count). The van der Waals surface area contributed by atoms with Crippen molar-refractivity contribution in [3.63, 3.8) is 0 Å². The van der Waals surface area contributed by atoms with Gasteiger partial charge in [0.1, 0.15) is 32.5 Å². The second-order valence-corrected chi connectivity index (χ2v) is 25.9. The molecular formula is C54H35Cl2N15O22S4. The van der Waals surface area contributed by atoms with Gasteiger partial charge < -0.3 is 57.2 Å². The first-order valence-corrected chi connectivity index (χ1v) is 32.5. The van der Waals surface area contributed by atoms with Crippen molar-refractivity contribution < 1.29 is 102 Å². The highest BCUT2D eigenvalue weighted by atomic mass is 35.5. The fourth-order valence-corrected chi connectivity index (χ4v) is 11.8. The van der Waals surface area contributed by atoms with Gasteiger partial charge in [-0.05, 0) is 131 Å². The van der Waals surface area contributed by atoms with Crippen molar-refractivity contribution >= 4 is 190 Å². The first-order chi connectivity index (χ1) is 45.5. The highest BCUT2D eigenvalue weighted by molar-refractivity contribution is 7.86. The number of fused-ring (bicyclic) bond motifs is 2. The normalized spacial score (nSPS) is 12.1. The number of nitrogens with one attached hydrogen (secondary N) is 5. The first kappa shape index (κ1) is 68.1. The third-order valence-electron chi connectivity index (χ3n) is 13.1. The predicted molar refractivity (Wildman–Crippen MR) is 339 cm³/mol. The van der Waals surface area contributed by atoms with Gasteiger partial charge in [0.15, 0.2) is 11.5 Å². The topological polar surface area (TPSA) is 594 Å². The van der Waals surface area contributed by atoms with E-state index in [0.717, 1.165) is 48.5 Å². The molecule has 97 heavy (non-hydrogen) atoms. The molecule has 15 N–H and O–H groups in total. The Labute approximate surface area is 550 Å². The van der Waals surface area contributed by atoms with E-state index in [4.69, 9.17) is 23.2 Å². The molecule has 0 aliphatic heterocycles. The summed E-state index contributed by atoms with van der Waals surface area (Å²) >= 11 is 12.6. The zero-order valence-corrected chi connectivity index (χ0v) is 52.1. The van der Waals surface area contributed by atoms with E-state index in [2.05, 4.69) is 76.9 Å². The minimum atomic E-state index is -5.37. The summed E-state index contributed by atoms with van der Waals surface area (Å²) in [5.41, 5.74) is -5.90. The highest BCUT2D eigenvalue weighted by Crippen LogP contribution is 2.48. The number of rotatable bonds is 22. The van der Waals surface area contributed by atoms with Crippen LogP contribution in [0.5, 0.6) is 11.5 Å². The van der Waals surface area contributed by atoms with E-state index in [9.17, 15) is 102 Å². The van der Waals surface area contributed by atoms with Crippen molar-refractivity contribution in [2.75, 3.05) is 26.6 Å². The maximum absolute atomic E-state index is 12.7. The van der Waals surface area contributed by atoms with Crippen LogP contribution in [0, 0.1) is 0 Å². The lowest BCUT2D eigenvalue weighted by Gasteiger charge is -2.16. The standard InChI is InChI=1S/C54H35Cl2N15O22S4/c55-49-62-51(66-53(64-49)60-35-19-29(94(82,83)84)13-21-15-37(96(88,89)90)41(43(72)39(21)35)70-68-33-7-3-1-5-31(33)47(78)79)58-27-11-23(45(74)75)9-25(17-27)57-26-10-24(46(76)77)12-28(18-26)59-52-63-50(56)65-54(67-52)61-36-20-30(95(85,86)87)14-22-16-38(97(91,92)93)42(44(73)40(22)36)71-69-34-8-4-2-6-32(34)48(80)81/h1-20,57,72-73H,(H,74,75)(H,76,77)(H,78,79)(H,80,81)(H,82,83,84)(H,85,86,87)(H,88,89,90)(H,91,92,93)(H2,58,60,62,64,66)(H2,59,61,63,65,67). The van der Waals surface area contributed by atoms with Crippen LogP contribution >= 0.6 is 23.2 Å². The molecule has 0 aliphatic carbocycles. The lowest BCUT2D eigenvalue weighted by atomic mass is 10.1. The molecule has 0 radical (unpaired) electrons. The summed E-state index contributed by atoms with van der Waals surface area (Å²) in [4.78, 5) is 68.9. The molecule has 0 atom stereocenters. The second-order valence-electron chi connectivity index (χ2n) is 19.6. The largest absolute Gasteiger partial charge is 0.505 e. The number of anilines is 10. The Morgan fingerprint density at radius 2 is 0.711 bits per heavy atom. The molecule has 8 aromatic carbocycles. The Kier molecular flexibility index (Phi) is 18.4. The summed E-state index contributed by atoms with van der Waals surface area (Å²) in [6.45, 7) is 0. The molecule has 43 heteroatoms. The number of hydrogen-bond donors (Lipinski definition) is 15. The van der Waals surface area contributed by atoms with Gasteiger partial charge in [0.25, 0.3) is 40.5 Å². The van der Waals surface area contributed by atoms with Crippen LogP contribution in [0.15, 0.2) is 161 Å². The fraction of sp³-hybridized carbons (Fsp3) is 0. The average molecular weight is 1450 g/mol. The molecule has 2 aromatic heterocycles. The lowest BCUT2D eigenvalue weighted by molar-refractivity contribution is 0.0686. The number of benzene rings is 8. The molecule has 0 saturated carbocycles. The Bertz CT molecular complexity index is 5280. The van der Waals surface area contributed by atoms with E-state index in [1.54, 1.807) is 0 Å². The van der Waals surface area contributed by atoms with Gasteiger partial charge in [-0.1, -0.05) is 24.3 Å². The molecule has 0 fully saturated rings. The Balaban J connectivity index is 0.971. The summed E-state index contributed by atoms with van der Waals surface area (Å²) in [6, 6.07) is 21.0. The van der Waals surface area contributed by atoms with Crippen molar-refractivity contribution in [3.05, 3.63) is 154 Å². The summed E-state index contributed by atoms with van der Waals surface area (Å²) in [5.74, 6) is -10.4. The molecule has 0 aliphatic rings. The maximum Gasteiger partial charge on any atom is 0.337 e. The van der Waals surface area contributed by atoms with E-state index in [0.29, 0.717) is 24.3 Å². The van der Waals surface area contributed by atoms with E-state index >= 15 is 0 Å². The molecular weight excluding hydrogens is 1410 g/mol. The number of hydrogen-bond acceptors (Lipinski definition) is 29. The van der Waals surface area contributed by atoms with Crippen molar-refractivity contribution in [1.82, 2.24) is 29.9 Å². The lowest BCUT2D eigenvalue weighted by Crippen LogP contribution is -2.07. The molecule has 10 aromatic rings. The monoisotopic (exact) mass is 1440 g/mol.